The van der Waals surface area contributed by atoms with Crippen LogP contribution in [-0.4, -0.2) is 40.0 Å². The highest BCUT2D eigenvalue weighted by Gasteiger charge is 2.25. The van der Waals surface area contributed by atoms with Gasteiger partial charge in [0, 0.05) is 30.1 Å². The summed E-state index contributed by atoms with van der Waals surface area (Å²) in [7, 11) is 0. The summed E-state index contributed by atoms with van der Waals surface area (Å²) in [6, 6.07) is 7.97. The minimum absolute atomic E-state index is 0.0772. The number of hydrogen-bond acceptors (Lipinski definition) is 6. The molecule has 0 spiro atoms. The Morgan fingerprint density at radius 2 is 1.93 bits per heavy atom. The lowest BCUT2D eigenvalue weighted by Crippen LogP contribution is -2.44. The van der Waals surface area contributed by atoms with Gasteiger partial charge in [0.2, 0.25) is 0 Å². The molecule has 0 saturated heterocycles. The van der Waals surface area contributed by atoms with E-state index in [2.05, 4.69) is 20.6 Å². The first-order valence-electron chi connectivity index (χ1n) is 10.0. The van der Waals surface area contributed by atoms with Crippen LogP contribution < -0.4 is 10.6 Å². The molecule has 7 nitrogen and oxygen atoms in total. The smallest absolute Gasteiger partial charge is 0.407 e. The SMILES string of the molecule is CC(C)(C)OC(=O)NC1CCCC(N/C=C(\C=N)c2cnc3ccccc3n2)C1. The number of aromatic nitrogens is 2. The number of alkyl carbamates (subject to hydrolysis) is 1. The molecule has 2 atom stereocenters. The third-order valence-corrected chi connectivity index (χ3v) is 4.77. The van der Waals surface area contributed by atoms with Crippen molar-refractivity contribution in [1.29, 1.82) is 5.41 Å². The highest BCUT2D eigenvalue weighted by atomic mass is 16.6. The molecular weight excluding hydrogens is 366 g/mol. The predicted octanol–water partition coefficient (Wildman–Crippen LogP) is 4.05. The van der Waals surface area contributed by atoms with Crippen LogP contribution in [0.3, 0.4) is 0 Å². The van der Waals surface area contributed by atoms with Crippen LogP contribution in [-0.2, 0) is 4.74 Å². The van der Waals surface area contributed by atoms with Gasteiger partial charge in [0.05, 0.1) is 22.9 Å². The van der Waals surface area contributed by atoms with Gasteiger partial charge in [-0.25, -0.2) is 9.78 Å². The lowest BCUT2D eigenvalue weighted by molar-refractivity contribution is 0.0489. The van der Waals surface area contributed by atoms with Gasteiger partial charge in [0.25, 0.3) is 0 Å². The van der Waals surface area contributed by atoms with E-state index in [1.807, 2.05) is 51.2 Å². The Labute approximate surface area is 171 Å². The van der Waals surface area contributed by atoms with E-state index >= 15 is 0 Å². The number of allylic oxidation sites excluding steroid dienone is 1. The molecule has 1 aliphatic carbocycles. The van der Waals surface area contributed by atoms with Crippen LogP contribution in [0.4, 0.5) is 4.79 Å². The summed E-state index contributed by atoms with van der Waals surface area (Å²) in [5.41, 5.74) is 2.46. The van der Waals surface area contributed by atoms with E-state index in [-0.39, 0.29) is 18.2 Å². The van der Waals surface area contributed by atoms with E-state index in [0.717, 1.165) is 36.7 Å². The zero-order chi connectivity index (χ0) is 20.9. The Hall–Kier alpha value is -2.96. The number of hydrogen-bond donors (Lipinski definition) is 3. The highest BCUT2D eigenvalue weighted by molar-refractivity contribution is 6.07. The van der Waals surface area contributed by atoms with Gasteiger partial charge in [-0.3, -0.25) is 4.98 Å². The Balaban J connectivity index is 1.62. The molecule has 1 aliphatic rings. The van der Waals surface area contributed by atoms with Crippen LogP contribution in [0.2, 0.25) is 0 Å². The second-order valence-electron chi connectivity index (χ2n) is 8.36. The maximum Gasteiger partial charge on any atom is 0.407 e. The van der Waals surface area contributed by atoms with Crippen molar-refractivity contribution in [2.24, 2.45) is 0 Å². The second kappa shape index (κ2) is 9.03. The number of amides is 1. The molecule has 0 bridgehead atoms. The van der Waals surface area contributed by atoms with Gasteiger partial charge >= 0.3 is 6.09 Å². The molecule has 1 heterocycles. The second-order valence-corrected chi connectivity index (χ2v) is 8.36. The molecule has 3 rings (SSSR count). The van der Waals surface area contributed by atoms with E-state index in [4.69, 9.17) is 10.1 Å². The van der Waals surface area contributed by atoms with Crippen LogP contribution in [0.5, 0.6) is 0 Å². The van der Waals surface area contributed by atoms with Crippen molar-refractivity contribution < 1.29 is 9.53 Å². The average Bonchev–Trinajstić information content (AvgIpc) is 2.67. The van der Waals surface area contributed by atoms with Crippen molar-refractivity contribution >= 4 is 28.9 Å². The molecule has 1 aromatic heterocycles. The van der Waals surface area contributed by atoms with E-state index in [0.29, 0.717) is 11.3 Å². The first-order valence-corrected chi connectivity index (χ1v) is 10.0. The van der Waals surface area contributed by atoms with Crippen LogP contribution in [0, 0.1) is 5.41 Å². The Morgan fingerprint density at radius 3 is 2.66 bits per heavy atom. The van der Waals surface area contributed by atoms with Crippen molar-refractivity contribution in [3.05, 3.63) is 42.4 Å². The summed E-state index contributed by atoms with van der Waals surface area (Å²) in [6.45, 7) is 5.57. The topological polar surface area (TPSA) is 100.0 Å². The normalized spacial score (nSPS) is 20.2. The van der Waals surface area contributed by atoms with Crippen LogP contribution in [0.25, 0.3) is 16.6 Å². The molecule has 1 aromatic carbocycles. The molecule has 0 aliphatic heterocycles. The van der Waals surface area contributed by atoms with E-state index in [1.165, 1.54) is 6.21 Å². The molecule has 3 N–H and O–H groups in total. The molecule has 29 heavy (non-hydrogen) atoms. The highest BCUT2D eigenvalue weighted by Crippen LogP contribution is 2.20. The van der Waals surface area contributed by atoms with Crippen LogP contribution in [0.15, 0.2) is 36.7 Å². The molecule has 1 saturated carbocycles. The third-order valence-electron chi connectivity index (χ3n) is 4.77. The molecule has 1 amide bonds. The van der Waals surface area contributed by atoms with Crippen LogP contribution in [0.1, 0.15) is 52.1 Å². The standard InChI is InChI=1S/C22H29N5O2/c1-22(2,3)29-21(28)26-17-8-6-7-16(11-17)24-13-15(12-23)20-14-25-18-9-4-5-10-19(18)27-20/h4-5,9-10,12-14,16-17,23-24H,6-8,11H2,1-3H3,(H,26,28)/b15-13+,23-12?. The van der Waals surface area contributed by atoms with E-state index in [1.54, 1.807) is 6.20 Å². The first kappa shape index (κ1) is 20.8. The Kier molecular flexibility index (Phi) is 6.46. The predicted molar refractivity (Wildman–Crippen MR) is 115 cm³/mol. The number of rotatable bonds is 5. The summed E-state index contributed by atoms with van der Waals surface area (Å²) in [4.78, 5) is 21.1. The van der Waals surface area contributed by atoms with Crippen LogP contribution >= 0.6 is 0 Å². The summed E-state index contributed by atoms with van der Waals surface area (Å²) in [6.07, 6.45) is 8.20. The van der Waals surface area contributed by atoms with Crippen molar-refractivity contribution in [3.8, 4) is 0 Å². The quantitative estimate of drug-likeness (QED) is 0.663. The average molecular weight is 396 g/mol. The largest absolute Gasteiger partial charge is 0.444 e. The van der Waals surface area contributed by atoms with Crippen molar-refractivity contribution in [2.75, 3.05) is 0 Å². The summed E-state index contributed by atoms with van der Waals surface area (Å²) >= 11 is 0. The lowest BCUT2D eigenvalue weighted by atomic mass is 9.91. The van der Waals surface area contributed by atoms with Crippen molar-refractivity contribution in [1.82, 2.24) is 20.6 Å². The number of nitrogens with zero attached hydrogens (tertiary/aromatic N) is 2. The molecule has 0 radical (unpaired) electrons. The molecular formula is C22H29N5O2. The number of carbonyl (C=O) groups excluding carboxylic acids is 1. The van der Waals surface area contributed by atoms with Gasteiger partial charge < -0.3 is 20.8 Å². The lowest BCUT2D eigenvalue weighted by Gasteiger charge is -2.31. The Morgan fingerprint density at radius 1 is 1.21 bits per heavy atom. The molecule has 2 unspecified atom stereocenters. The fourth-order valence-corrected chi connectivity index (χ4v) is 3.44. The zero-order valence-electron chi connectivity index (χ0n) is 17.2. The summed E-state index contributed by atoms with van der Waals surface area (Å²) in [5, 5.41) is 14.1. The van der Waals surface area contributed by atoms with Gasteiger partial charge in [-0.05, 0) is 58.6 Å². The molecule has 1 fully saturated rings. The maximum absolute atomic E-state index is 12.0. The van der Waals surface area contributed by atoms with Gasteiger partial charge in [0.1, 0.15) is 5.60 Å². The van der Waals surface area contributed by atoms with Gasteiger partial charge in [0.15, 0.2) is 0 Å². The number of para-hydroxylation sites is 2. The van der Waals surface area contributed by atoms with E-state index in [9.17, 15) is 4.79 Å². The maximum atomic E-state index is 12.0. The molecule has 154 valence electrons. The van der Waals surface area contributed by atoms with Crippen molar-refractivity contribution in [3.63, 3.8) is 0 Å². The fraction of sp³-hybridized carbons (Fsp3) is 0.455. The Bertz CT molecular complexity index is 903. The van der Waals surface area contributed by atoms with E-state index < -0.39 is 5.60 Å². The molecule has 7 heteroatoms. The fourth-order valence-electron chi connectivity index (χ4n) is 3.44. The number of benzene rings is 1. The minimum Gasteiger partial charge on any atom is -0.444 e. The minimum atomic E-state index is -0.501. The van der Waals surface area contributed by atoms with Gasteiger partial charge in [-0.1, -0.05) is 12.1 Å². The van der Waals surface area contributed by atoms with Crippen molar-refractivity contribution in [2.45, 2.75) is 64.1 Å². The number of carbonyl (C=O) groups is 1. The number of ether oxygens (including phenoxy) is 1. The van der Waals surface area contributed by atoms with Gasteiger partial charge in [-0.15, -0.1) is 0 Å². The first-order chi connectivity index (χ1) is 13.8. The summed E-state index contributed by atoms with van der Waals surface area (Å²) in [5.74, 6) is 0. The summed E-state index contributed by atoms with van der Waals surface area (Å²) < 4.78 is 5.36. The number of fused-ring (bicyclic) bond motifs is 1. The monoisotopic (exact) mass is 395 g/mol. The third kappa shape index (κ3) is 6.01. The zero-order valence-corrected chi connectivity index (χ0v) is 17.2. The number of nitrogens with one attached hydrogen (secondary N) is 3. The molecule has 2 aromatic rings. The van der Waals surface area contributed by atoms with Gasteiger partial charge in [-0.2, -0.15) is 0 Å².